The smallest absolute Gasteiger partial charge is 0.247 e. The van der Waals surface area contributed by atoms with E-state index in [1.54, 1.807) is 6.07 Å². The SMILES string of the molecule is C=CC(=O)Nc1cccc2c(N3CCCC(Nc4ncc(C#N)c(OC)n4)C3)noc12. The summed E-state index contributed by atoms with van der Waals surface area (Å²) in [5.41, 5.74) is 1.35. The van der Waals surface area contributed by atoms with Crippen LogP contribution in [-0.2, 0) is 4.79 Å². The first kappa shape index (κ1) is 20.2. The van der Waals surface area contributed by atoms with Gasteiger partial charge in [-0.1, -0.05) is 17.8 Å². The lowest BCUT2D eigenvalue weighted by molar-refractivity contribution is -0.111. The molecule has 0 radical (unpaired) electrons. The fraction of sp³-hybridized carbons (Fsp3) is 0.286. The van der Waals surface area contributed by atoms with Crippen molar-refractivity contribution in [2.24, 2.45) is 0 Å². The number of carbonyl (C=O) groups excluding carboxylic acids is 1. The Bertz CT molecular complexity index is 1170. The molecule has 1 aliphatic rings. The van der Waals surface area contributed by atoms with E-state index >= 15 is 0 Å². The summed E-state index contributed by atoms with van der Waals surface area (Å²) in [6.45, 7) is 4.95. The van der Waals surface area contributed by atoms with Crippen LogP contribution >= 0.6 is 0 Å². The first-order chi connectivity index (χ1) is 15.1. The number of fused-ring (bicyclic) bond motifs is 1. The van der Waals surface area contributed by atoms with Crippen molar-refractivity contribution < 1.29 is 14.1 Å². The lowest BCUT2D eigenvalue weighted by Gasteiger charge is -2.33. The van der Waals surface area contributed by atoms with E-state index in [1.165, 1.54) is 19.4 Å². The van der Waals surface area contributed by atoms with Crippen molar-refractivity contribution in [1.82, 2.24) is 15.1 Å². The molecule has 0 saturated carbocycles. The monoisotopic (exact) mass is 419 g/mol. The van der Waals surface area contributed by atoms with Crippen molar-refractivity contribution in [3.63, 3.8) is 0 Å². The molecular formula is C21H21N7O3. The lowest BCUT2D eigenvalue weighted by atomic mass is 10.1. The molecule has 3 aromatic rings. The number of nitrogens with zero attached hydrogens (tertiary/aromatic N) is 5. The van der Waals surface area contributed by atoms with Crippen LogP contribution in [0, 0.1) is 11.3 Å². The minimum Gasteiger partial charge on any atom is -0.480 e. The predicted molar refractivity (Wildman–Crippen MR) is 115 cm³/mol. The first-order valence-corrected chi connectivity index (χ1v) is 9.77. The summed E-state index contributed by atoms with van der Waals surface area (Å²) in [5.74, 6) is 1.05. The minimum absolute atomic E-state index is 0.0711. The van der Waals surface area contributed by atoms with Crippen LogP contribution in [0.1, 0.15) is 18.4 Å². The predicted octanol–water partition coefficient (Wildman–Crippen LogP) is 2.70. The molecule has 2 aromatic heterocycles. The highest BCUT2D eigenvalue weighted by Crippen LogP contribution is 2.33. The Morgan fingerprint density at radius 3 is 3.13 bits per heavy atom. The molecule has 1 atom stereocenters. The quantitative estimate of drug-likeness (QED) is 0.579. The van der Waals surface area contributed by atoms with Gasteiger partial charge in [0.05, 0.1) is 24.4 Å². The lowest BCUT2D eigenvalue weighted by Crippen LogP contribution is -2.42. The Morgan fingerprint density at radius 1 is 1.48 bits per heavy atom. The number of methoxy groups -OCH3 is 1. The highest BCUT2D eigenvalue weighted by molar-refractivity contribution is 6.06. The second kappa shape index (κ2) is 8.71. The number of benzene rings is 1. The standard InChI is InChI=1S/C21H21N7O3/c1-3-17(29)25-16-8-4-7-15-18(16)31-27-19(15)28-9-5-6-14(12-28)24-21-23-11-13(10-22)20(26-21)30-2/h3-4,7-8,11,14H,1,5-6,9,12H2,2H3,(H,25,29)(H,23,24,26). The van der Waals surface area contributed by atoms with Crippen LogP contribution in [0.4, 0.5) is 17.5 Å². The van der Waals surface area contributed by atoms with E-state index < -0.39 is 0 Å². The topological polar surface area (TPSA) is 129 Å². The number of para-hydroxylation sites is 1. The zero-order chi connectivity index (χ0) is 21.8. The largest absolute Gasteiger partial charge is 0.480 e. The maximum absolute atomic E-state index is 11.7. The maximum Gasteiger partial charge on any atom is 0.247 e. The van der Waals surface area contributed by atoms with Gasteiger partial charge in [0, 0.05) is 19.1 Å². The third kappa shape index (κ3) is 4.11. The Hall–Kier alpha value is -4.13. The molecule has 1 amide bonds. The van der Waals surface area contributed by atoms with Gasteiger partial charge >= 0.3 is 0 Å². The summed E-state index contributed by atoms with van der Waals surface area (Å²) < 4.78 is 10.7. The van der Waals surface area contributed by atoms with E-state index in [0.717, 1.165) is 30.6 Å². The van der Waals surface area contributed by atoms with E-state index in [2.05, 4.69) is 37.2 Å². The van der Waals surface area contributed by atoms with Crippen LogP contribution in [0.3, 0.4) is 0 Å². The van der Waals surface area contributed by atoms with Crippen LogP contribution in [0.2, 0.25) is 0 Å². The van der Waals surface area contributed by atoms with Crippen LogP contribution < -0.4 is 20.3 Å². The van der Waals surface area contributed by atoms with Crippen LogP contribution in [0.25, 0.3) is 11.0 Å². The molecule has 3 heterocycles. The number of anilines is 3. The van der Waals surface area contributed by atoms with Crippen LogP contribution in [-0.4, -0.2) is 47.3 Å². The summed E-state index contributed by atoms with van der Waals surface area (Å²) in [4.78, 5) is 22.3. The molecule has 1 unspecified atom stereocenters. The normalized spacial score (nSPS) is 15.9. The third-order valence-electron chi connectivity index (χ3n) is 5.04. The number of hydrogen-bond acceptors (Lipinski definition) is 9. The zero-order valence-electron chi connectivity index (χ0n) is 17.0. The van der Waals surface area contributed by atoms with Gasteiger partial charge in [0.25, 0.3) is 0 Å². The average molecular weight is 419 g/mol. The minimum atomic E-state index is -0.314. The molecule has 1 aromatic carbocycles. The van der Waals surface area contributed by atoms with Gasteiger partial charge < -0.3 is 24.8 Å². The Morgan fingerprint density at radius 2 is 2.35 bits per heavy atom. The van der Waals surface area contributed by atoms with Gasteiger partial charge in [0.2, 0.25) is 17.7 Å². The fourth-order valence-electron chi connectivity index (χ4n) is 3.60. The molecule has 158 valence electrons. The van der Waals surface area contributed by atoms with Crippen molar-refractivity contribution in [2.75, 3.05) is 35.7 Å². The molecule has 0 bridgehead atoms. The number of ether oxygens (including phenoxy) is 1. The van der Waals surface area contributed by atoms with Gasteiger partial charge in [-0.15, -0.1) is 0 Å². The summed E-state index contributed by atoms with van der Waals surface area (Å²) in [6, 6.07) is 7.59. The molecule has 31 heavy (non-hydrogen) atoms. The summed E-state index contributed by atoms with van der Waals surface area (Å²) in [7, 11) is 1.47. The number of aromatic nitrogens is 3. The van der Waals surface area contributed by atoms with E-state index in [4.69, 9.17) is 14.5 Å². The Kier molecular flexibility index (Phi) is 5.66. The molecule has 0 aliphatic carbocycles. The van der Waals surface area contributed by atoms with Gasteiger partial charge in [-0.05, 0) is 31.1 Å². The summed E-state index contributed by atoms with van der Waals surface area (Å²) >= 11 is 0. The maximum atomic E-state index is 11.7. The van der Waals surface area contributed by atoms with Crippen LogP contribution in [0.5, 0.6) is 5.88 Å². The van der Waals surface area contributed by atoms with Crippen molar-refractivity contribution in [1.29, 1.82) is 5.26 Å². The van der Waals surface area contributed by atoms with Gasteiger partial charge in [-0.3, -0.25) is 4.79 Å². The van der Waals surface area contributed by atoms with Gasteiger partial charge in [-0.2, -0.15) is 10.2 Å². The summed E-state index contributed by atoms with van der Waals surface area (Å²) in [6.07, 6.45) is 4.52. The van der Waals surface area contributed by atoms with Crippen molar-refractivity contribution >= 4 is 34.3 Å². The van der Waals surface area contributed by atoms with Gasteiger partial charge in [0.15, 0.2) is 11.4 Å². The van der Waals surface area contributed by atoms with E-state index in [1.807, 2.05) is 18.2 Å². The highest BCUT2D eigenvalue weighted by Gasteiger charge is 2.25. The molecular weight excluding hydrogens is 398 g/mol. The Balaban J connectivity index is 1.53. The second-order valence-corrected chi connectivity index (χ2v) is 7.04. The molecule has 0 spiro atoms. The highest BCUT2D eigenvalue weighted by atomic mass is 16.5. The number of carbonyl (C=O) groups is 1. The number of nitriles is 1. The fourth-order valence-corrected chi connectivity index (χ4v) is 3.60. The first-order valence-electron chi connectivity index (χ1n) is 9.77. The molecule has 2 N–H and O–H groups in total. The van der Waals surface area contributed by atoms with E-state index in [-0.39, 0.29) is 23.4 Å². The number of amides is 1. The van der Waals surface area contributed by atoms with Crippen molar-refractivity contribution in [3.05, 3.63) is 42.6 Å². The summed E-state index contributed by atoms with van der Waals surface area (Å²) in [5, 5.41) is 20.2. The Labute approximate surface area is 178 Å². The number of hydrogen-bond donors (Lipinski definition) is 2. The number of nitrogens with one attached hydrogen (secondary N) is 2. The molecule has 4 rings (SSSR count). The molecule has 10 heteroatoms. The van der Waals surface area contributed by atoms with E-state index in [9.17, 15) is 4.79 Å². The second-order valence-electron chi connectivity index (χ2n) is 7.04. The number of rotatable bonds is 6. The zero-order valence-corrected chi connectivity index (χ0v) is 17.0. The van der Waals surface area contributed by atoms with Crippen LogP contribution in [0.15, 0.2) is 41.6 Å². The van der Waals surface area contributed by atoms with Crippen molar-refractivity contribution in [3.8, 4) is 11.9 Å². The molecule has 1 saturated heterocycles. The molecule has 10 nitrogen and oxygen atoms in total. The average Bonchev–Trinajstić information content (AvgIpc) is 3.24. The third-order valence-corrected chi connectivity index (χ3v) is 5.04. The van der Waals surface area contributed by atoms with Gasteiger partial charge in [-0.25, -0.2) is 4.98 Å². The van der Waals surface area contributed by atoms with Crippen molar-refractivity contribution in [2.45, 2.75) is 18.9 Å². The van der Waals surface area contributed by atoms with E-state index in [0.29, 0.717) is 23.8 Å². The van der Waals surface area contributed by atoms with Gasteiger partial charge in [0.1, 0.15) is 11.6 Å². The number of piperidine rings is 1. The molecule has 1 aliphatic heterocycles. The molecule has 1 fully saturated rings.